The molecule has 0 atom stereocenters. The largest absolute Gasteiger partial charge is 0.311 e. The highest BCUT2D eigenvalue weighted by Crippen LogP contribution is 2.65. The van der Waals surface area contributed by atoms with Gasteiger partial charge in [-0.2, -0.15) is 0 Å². The third-order valence-corrected chi connectivity index (χ3v) is 27.9. The van der Waals surface area contributed by atoms with Gasteiger partial charge >= 0.3 is 0 Å². The molecule has 22 rings (SSSR count). The van der Waals surface area contributed by atoms with Crippen molar-refractivity contribution in [2.75, 3.05) is 9.80 Å². The van der Waals surface area contributed by atoms with Crippen molar-refractivity contribution in [1.82, 2.24) is 9.13 Å². The molecule has 126 heavy (non-hydrogen) atoms. The number of rotatable bonds is 8. The van der Waals surface area contributed by atoms with Crippen LogP contribution in [0, 0.1) is 0 Å². The summed E-state index contributed by atoms with van der Waals surface area (Å²) in [6.07, 6.45) is 0. The van der Waals surface area contributed by atoms with Crippen LogP contribution in [0.3, 0.4) is 0 Å². The van der Waals surface area contributed by atoms with Crippen LogP contribution in [0.4, 0.5) is 34.1 Å². The molecule has 0 bridgehead atoms. The van der Waals surface area contributed by atoms with Gasteiger partial charge in [-0.25, -0.2) is 0 Å². The Bertz CT molecular complexity index is 7890. The van der Waals surface area contributed by atoms with Gasteiger partial charge in [-0.15, -0.1) is 0 Å². The predicted molar refractivity (Wildman–Crippen MR) is 539 cm³/mol. The van der Waals surface area contributed by atoms with Gasteiger partial charge in [0.25, 0.3) is 6.71 Å². The smallest absolute Gasteiger partial charge is 0.252 e. The van der Waals surface area contributed by atoms with E-state index in [0.717, 1.165) is 150 Å². The molecule has 4 aliphatic rings. The lowest BCUT2D eigenvalue weighted by molar-refractivity contribution is 0.590. The number of hydrogen-bond donors (Lipinski definition) is 0. The first kappa shape index (κ1) is 70.1. The summed E-state index contributed by atoms with van der Waals surface area (Å²) in [5.74, 6) is 0. The van der Waals surface area contributed by atoms with Crippen LogP contribution in [-0.4, -0.2) is 15.8 Å². The van der Waals surface area contributed by atoms with E-state index in [1.54, 1.807) is 0 Å². The van der Waals surface area contributed by atoms with Crippen molar-refractivity contribution in [3.8, 4) is 78.1 Å². The lowest BCUT2D eigenvalue weighted by atomic mass is 9.33. The molecule has 18 aromatic rings. The summed E-state index contributed by atoms with van der Waals surface area (Å²) >= 11 is 0. The van der Waals surface area contributed by atoms with Crippen LogP contribution < -0.4 is 26.2 Å². The van der Waals surface area contributed by atoms with Crippen molar-refractivity contribution in [3.05, 3.63) is 389 Å². The van der Waals surface area contributed by atoms with E-state index in [0.29, 0.717) is 11.1 Å². The Hall–Kier alpha value is -13.2. The summed E-state index contributed by atoms with van der Waals surface area (Å²) in [4.78, 5) is 5.27. The Labute approximate surface area is 755 Å². The number of hydrogen-bond acceptors (Lipinski definition) is 2. The maximum Gasteiger partial charge on any atom is 0.252 e. The minimum Gasteiger partial charge on any atom is -0.311 e. The summed E-state index contributed by atoms with van der Waals surface area (Å²) in [7, 11) is 0. The fourth-order valence-electron chi connectivity index (χ4n) is 21.2. The Morgan fingerprint density at radius 3 is 1.23 bits per heavy atom. The number of benzene rings is 16. The van der Waals surface area contributed by atoms with Crippen LogP contribution in [0.1, 0.15) is 191 Å². The molecular formula is C121H109BN4. The van der Waals surface area contributed by atoms with Crippen molar-refractivity contribution in [2.24, 2.45) is 0 Å². The van der Waals surface area contributed by atoms with Crippen LogP contribution in [0.25, 0.3) is 122 Å². The molecule has 2 aromatic heterocycles. The molecule has 0 saturated carbocycles. The van der Waals surface area contributed by atoms with Gasteiger partial charge in [0.1, 0.15) is 0 Å². The first-order valence-corrected chi connectivity index (χ1v) is 44.8. The molecule has 2 aliphatic heterocycles. The summed E-state index contributed by atoms with van der Waals surface area (Å²) in [5, 5.41) is 4.65. The third kappa shape index (κ3) is 12.1. The lowest BCUT2D eigenvalue weighted by Crippen LogP contribution is -2.61. The highest BCUT2D eigenvalue weighted by atomic mass is 15.2. The van der Waals surface area contributed by atoms with Gasteiger partial charge in [0.2, 0.25) is 0 Å². The third-order valence-electron chi connectivity index (χ3n) is 27.9. The zero-order valence-electron chi connectivity index (χ0n) is 83.5. The van der Waals surface area contributed by atoms with Crippen LogP contribution in [0.2, 0.25) is 0 Å². The average molecular weight is 1640 g/mol. The molecule has 4 heterocycles. The zero-order chi connectivity index (χ0) is 93.9. The molecule has 0 amide bonds. The predicted octanol–water partition coefficient (Wildman–Crippen LogP) is 30.8. The molecule has 2 aliphatic carbocycles. The average Bonchev–Trinajstić information content (AvgIpc) is 1.49. The van der Waals surface area contributed by atoms with Crippen molar-refractivity contribution < 1.29 is 11.0 Å². The highest BCUT2D eigenvalue weighted by molar-refractivity contribution is 7.00. The van der Waals surface area contributed by atoms with Crippen LogP contribution in [0.15, 0.2) is 333 Å². The van der Waals surface area contributed by atoms with Crippen molar-refractivity contribution >= 4 is 101 Å². The molecule has 0 saturated heterocycles. The summed E-state index contributed by atoms with van der Waals surface area (Å²) in [5.41, 5.74) is 30.8. The second kappa shape index (κ2) is 27.9. The lowest BCUT2D eigenvalue weighted by Gasteiger charge is -2.46. The van der Waals surface area contributed by atoms with E-state index in [1.165, 1.54) is 44.2 Å². The summed E-state index contributed by atoms with van der Waals surface area (Å²) < 4.78 is 84.2. The molecule has 5 heteroatoms. The van der Waals surface area contributed by atoms with Gasteiger partial charge in [-0.05, 0) is 240 Å². The van der Waals surface area contributed by atoms with Gasteiger partial charge in [-0.3, -0.25) is 0 Å². The van der Waals surface area contributed by atoms with E-state index in [1.807, 2.05) is 18.2 Å². The molecule has 16 aromatic carbocycles. The van der Waals surface area contributed by atoms with E-state index >= 15 is 0 Å². The van der Waals surface area contributed by atoms with E-state index in [2.05, 4.69) is 410 Å². The number of aromatic nitrogens is 2. The van der Waals surface area contributed by atoms with E-state index < -0.39 is 36.3 Å². The van der Waals surface area contributed by atoms with Gasteiger partial charge in [0.05, 0.1) is 55.5 Å². The fourth-order valence-corrected chi connectivity index (χ4v) is 21.2. The Morgan fingerprint density at radius 2 is 0.683 bits per heavy atom. The zero-order valence-corrected chi connectivity index (χ0v) is 75.5. The standard InChI is InChI=1S/C121H109BN4/c1-115(2,3)78-53-61-103(94(64-78)74-35-22-19-23-36-74)125-109-71-84(123-104-62-54-79(116(4,5)6)65-97(104)92-58-52-82(70-108(92)123)119(13,14)15)55-59-101(109)122-102-63-77(86-44-34-45-93-89-43-30-33-48-100(89)121(112(86)93)98-46-31-28-41-87(98)88-42-29-32-47-99(88)121)49-60-105(102)126(114-95(75-37-24-20-25-38-75)66-83(120(16,17)18)67-96(114)76-39-26-21-27-40-76)111-73-85(72-110(125)113(111)122)124-106-68-80(117(7,8)9)50-56-90(106)91-57-51-81(69-107(91)124)118(10,11)12/h19-73H,1-18H3/i28D,29D,31D,32D,41D,42D,46D,47D. The minimum atomic E-state index is -1.71. The normalized spacial score (nSPS) is 14.9. The molecule has 1 spiro atoms. The summed E-state index contributed by atoms with van der Waals surface area (Å²) in [6, 6.07) is 104. The number of anilines is 6. The molecule has 0 unspecified atom stereocenters. The second-order valence-corrected chi connectivity index (χ2v) is 41.9. The van der Waals surface area contributed by atoms with Crippen molar-refractivity contribution in [1.29, 1.82) is 0 Å². The van der Waals surface area contributed by atoms with Crippen molar-refractivity contribution in [2.45, 2.75) is 163 Å². The monoisotopic (exact) mass is 1640 g/mol. The topological polar surface area (TPSA) is 16.3 Å². The molecular weight excluding hydrogens is 1520 g/mol. The minimum absolute atomic E-state index is 0.0718. The van der Waals surface area contributed by atoms with E-state index in [9.17, 15) is 11.0 Å². The van der Waals surface area contributed by atoms with E-state index in [-0.39, 0.29) is 78.9 Å². The van der Waals surface area contributed by atoms with Gasteiger partial charge in [-0.1, -0.05) is 373 Å². The molecule has 0 N–H and O–H groups in total. The van der Waals surface area contributed by atoms with Crippen LogP contribution in [0.5, 0.6) is 0 Å². The van der Waals surface area contributed by atoms with Crippen LogP contribution >= 0.6 is 0 Å². The maximum atomic E-state index is 10.4. The highest BCUT2D eigenvalue weighted by Gasteiger charge is 2.54. The second-order valence-electron chi connectivity index (χ2n) is 41.9. The SMILES string of the molecule is [2H]c1c([2H])c([2H])c2c(c1[2H])-c1c([2H])c([2H])c([2H])c([2H])c1C21c2ccccc2-c2cccc(-c3ccc4c(c3)B3c5ccc(-n6c7ccc(C(C)(C)C)cc7c7ccc(C(C)(C)C)cc76)cc5N(c5ccc(C(C)(C)C)cc5-c5ccccc5)c5cc(-n6c7cc(C(C)(C)C)ccc7c7ccc(C(C)(C)C)cc76)cc(c53)N4c3c(-c4ccccc4)cc(C(C)(C)C)cc3-c3ccccc3)c21. The first-order valence-electron chi connectivity index (χ1n) is 48.8. The number of fused-ring (bicyclic) bond motifs is 20. The molecule has 0 radical (unpaired) electrons. The quantitative estimate of drug-likeness (QED) is 0.141. The van der Waals surface area contributed by atoms with Crippen LogP contribution in [-0.2, 0) is 37.9 Å². The van der Waals surface area contributed by atoms with Gasteiger partial charge in [0, 0.05) is 66.7 Å². The van der Waals surface area contributed by atoms with Gasteiger partial charge < -0.3 is 18.9 Å². The Balaban J connectivity index is 0.953. The number of nitrogens with zero attached hydrogens (tertiary/aromatic N) is 4. The Kier molecular flexibility index (Phi) is 15.5. The molecule has 4 nitrogen and oxygen atoms in total. The molecule has 0 fully saturated rings. The summed E-state index contributed by atoms with van der Waals surface area (Å²) in [6.45, 7) is 41.0. The Morgan fingerprint density at radius 1 is 0.254 bits per heavy atom. The fraction of sp³-hybridized carbons (Fsp3) is 0.207. The first-order chi connectivity index (χ1) is 63.6. The van der Waals surface area contributed by atoms with Crippen molar-refractivity contribution in [3.63, 3.8) is 0 Å². The molecule has 616 valence electrons. The van der Waals surface area contributed by atoms with E-state index in [4.69, 9.17) is 0 Å². The maximum absolute atomic E-state index is 10.4. The van der Waals surface area contributed by atoms with Gasteiger partial charge in [0.15, 0.2) is 0 Å².